The molecule has 0 spiro atoms. The van der Waals surface area contributed by atoms with Crippen LogP contribution < -0.4 is 5.32 Å². The van der Waals surface area contributed by atoms with Crippen molar-refractivity contribution >= 4 is 11.6 Å². The van der Waals surface area contributed by atoms with Crippen molar-refractivity contribution < 1.29 is 5.11 Å². The number of rotatable bonds is 4. The maximum Gasteiger partial charge on any atom is 0.120 e. The summed E-state index contributed by atoms with van der Waals surface area (Å²) in [7, 11) is 0. The first-order valence-electron chi connectivity index (χ1n) is 6.78. The highest BCUT2D eigenvalue weighted by atomic mass is 35.5. The van der Waals surface area contributed by atoms with E-state index in [1.165, 1.54) is 0 Å². The Bertz CT molecular complexity index is 597. The van der Waals surface area contributed by atoms with Gasteiger partial charge < -0.3 is 10.4 Å². The molecule has 2 rings (SSSR count). The monoisotopic (exact) mass is 289 g/mol. The predicted molar refractivity (Wildman–Crippen MR) is 84.3 cm³/mol. The lowest BCUT2D eigenvalue weighted by Crippen LogP contribution is -2.22. The molecule has 0 aliphatic carbocycles. The summed E-state index contributed by atoms with van der Waals surface area (Å²) in [5, 5.41) is 14.2. The van der Waals surface area contributed by atoms with Gasteiger partial charge in [0.2, 0.25) is 0 Å². The first-order chi connectivity index (χ1) is 9.47. The van der Waals surface area contributed by atoms with Gasteiger partial charge in [0.1, 0.15) is 5.75 Å². The SMILES string of the molecule is Cc1ccc(C(C)NC(C)c2cccc(Cl)c2)c(O)c1. The van der Waals surface area contributed by atoms with Gasteiger partial charge in [-0.1, -0.05) is 35.9 Å². The minimum atomic E-state index is 0.0598. The van der Waals surface area contributed by atoms with Crippen molar-refractivity contribution in [2.45, 2.75) is 32.9 Å². The summed E-state index contributed by atoms with van der Waals surface area (Å²) in [5.74, 6) is 0.336. The smallest absolute Gasteiger partial charge is 0.120 e. The van der Waals surface area contributed by atoms with Gasteiger partial charge in [-0.15, -0.1) is 0 Å². The van der Waals surface area contributed by atoms with E-state index in [0.29, 0.717) is 5.75 Å². The van der Waals surface area contributed by atoms with Crippen LogP contribution in [0.25, 0.3) is 0 Å². The molecule has 0 radical (unpaired) electrons. The second-order valence-electron chi connectivity index (χ2n) is 5.23. The van der Waals surface area contributed by atoms with Gasteiger partial charge in [0.15, 0.2) is 0 Å². The Balaban J connectivity index is 2.12. The number of hydrogen-bond acceptors (Lipinski definition) is 2. The van der Waals surface area contributed by atoms with Crippen molar-refractivity contribution in [1.82, 2.24) is 5.32 Å². The molecule has 0 aliphatic rings. The van der Waals surface area contributed by atoms with Crippen molar-refractivity contribution in [2.75, 3.05) is 0 Å². The van der Waals surface area contributed by atoms with Crippen LogP contribution in [0.2, 0.25) is 5.02 Å². The molecule has 0 saturated carbocycles. The molecular weight excluding hydrogens is 270 g/mol. The van der Waals surface area contributed by atoms with Crippen molar-refractivity contribution in [3.63, 3.8) is 0 Å². The van der Waals surface area contributed by atoms with E-state index in [-0.39, 0.29) is 12.1 Å². The minimum absolute atomic E-state index is 0.0598. The molecule has 20 heavy (non-hydrogen) atoms. The second kappa shape index (κ2) is 6.29. The molecule has 2 aromatic rings. The molecule has 0 saturated heterocycles. The van der Waals surface area contributed by atoms with Crippen LogP contribution in [0.5, 0.6) is 5.75 Å². The van der Waals surface area contributed by atoms with Crippen molar-refractivity contribution in [3.8, 4) is 5.75 Å². The number of halogens is 1. The van der Waals surface area contributed by atoms with Gasteiger partial charge in [-0.25, -0.2) is 0 Å². The fourth-order valence-corrected chi connectivity index (χ4v) is 2.56. The number of hydrogen-bond donors (Lipinski definition) is 2. The molecule has 3 heteroatoms. The average Bonchev–Trinajstić information content (AvgIpc) is 2.38. The summed E-state index contributed by atoms with van der Waals surface area (Å²) in [6.45, 7) is 6.11. The molecule has 2 unspecified atom stereocenters. The van der Waals surface area contributed by atoms with Gasteiger partial charge in [0.25, 0.3) is 0 Å². The van der Waals surface area contributed by atoms with Crippen LogP contribution >= 0.6 is 11.6 Å². The molecule has 2 atom stereocenters. The van der Waals surface area contributed by atoms with Gasteiger partial charge >= 0.3 is 0 Å². The second-order valence-corrected chi connectivity index (χ2v) is 5.66. The van der Waals surface area contributed by atoms with Crippen molar-refractivity contribution in [2.24, 2.45) is 0 Å². The van der Waals surface area contributed by atoms with Gasteiger partial charge in [0, 0.05) is 22.7 Å². The summed E-state index contributed by atoms with van der Waals surface area (Å²) in [6.07, 6.45) is 0. The third-order valence-electron chi connectivity index (χ3n) is 3.50. The molecule has 0 aromatic heterocycles. The van der Waals surface area contributed by atoms with Crippen LogP contribution in [-0.2, 0) is 0 Å². The Kier molecular flexibility index (Phi) is 4.69. The van der Waals surface area contributed by atoms with E-state index >= 15 is 0 Å². The van der Waals surface area contributed by atoms with E-state index in [1.54, 1.807) is 6.07 Å². The Morgan fingerprint density at radius 1 is 1.05 bits per heavy atom. The van der Waals surface area contributed by atoms with E-state index in [2.05, 4.69) is 12.2 Å². The number of phenolic OH excluding ortho intramolecular Hbond substituents is 1. The molecule has 0 heterocycles. The molecule has 106 valence electrons. The predicted octanol–water partition coefficient (Wildman–Crippen LogP) is 4.77. The fraction of sp³-hybridized carbons (Fsp3) is 0.294. The number of phenols is 1. The van der Waals surface area contributed by atoms with E-state index in [0.717, 1.165) is 21.7 Å². The van der Waals surface area contributed by atoms with Crippen LogP contribution in [0.3, 0.4) is 0 Å². The Morgan fingerprint density at radius 3 is 2.45 bits per heavy atom. The van der Waals surface area contributed by atoms with Crippen molar-refractivity contribution in [3.05, 3.63) is 64.2 Å². The highest BCUT2D eigenvalue weighted by Crippen LogP contribution is 2.27. The van der Waals surface area contributed by atoms with Gasteiger partial charge in [-0.3, -0.25) is 0 Å². The molecule has 2 aromatic carbocycles. The Hall–Kier alpha value is -1.51. The minimum Gasteiger partial charge on any atom is -0.508 e. The van der Waals surface area contributed by atoms with E-state index in [4.69, 9.17) is 11.6 Å². The van der Waals surface area contributed by atoms with E-state index in [1.807, 2.05) is 50.2 Å². The highest BCUT2D eigenvalue weighted by molar-refractivity contribution is 6.30. The summed E-state index contributed by atoms with van der Waals surface area (Å²) in [6, 6.07) is 13.8. The normalized spacial score (nSPS) is 14.0. The number of aromatic hydroxyl groups is 1. The molecule has 0 fully saturated rings. The molecule has 0 amide bonds. The largest absolute Gasteiger partial charge is 0.508 e. The van der Waals surface area contributed by atoms with Crippen LogP contribution in [0.4, 0.5) is 0 Å². The van der Waals surface area contributed by atoms with Crippen molar-refractivity contribution in [1.29, 1.82) is 0 Å². The van der Waals surface area contributed by atoms with Gasteiger partial charge in [-0.05, 0) is 50.1 Å². The standard InChI is InChI=1S/C17H20ClNO/c1-11-7-8-16(17(20)9-11)13(3)19-12(2)14-5-4-6-15(18)10-14/h4-10,12-13,19-20H,1-3H3. The zero-order valence-electron chi connectivity index (χ0n) is 12.0. The highest BCUT2D eigenvalue weighted by Gasteiger charge is 2.14. The number of aryl methyl sites for hydroxylation is 1. The Morgan fingerprint density at radius 2 is 1.80 bits per heavy atom. The number of benzene rings is 2. The lowest BCUT2D eigenvalue weighted by Gasteiger charge is -2.22. The molecule has 0 bridgehead atoms. The fourth-order valence-electron chi connectivity index (χ4n) is 2.36. The molecule has 0 aliphatic heterocycles. The molecular formula is C17H20ClNO. The first kappa shape index (κ1) is 14.9. The zero-order chi connectivity index (χ0) is 14.7. The third-order valence-corrected chi connectivity index (χ3v) is 3.74. The summed E-state index contributed by atoms with van der Waals surface area (Å²) < 4.78 is 0. The quantitative estimate of drug-likeness (QED) is 0.850. The zero-order valence-corrected chi connectivity index (χ0v) is 12.8. The van der Waals surface area contributed by atoms with E-state index in [9.17, 15) is 5.11 Å². The number of nitrogens with one attached hydrogen (secondary N) is 1. The topological polar surface area (TPSA) is 32.3 Å². The maximum absolute atomic E-state index is 10.0. The third kappa shape index (κ3) is 3.53. The lowest BCUT2D eigenvalue weighted by molar-refractivity contribution is 0.438. The first-order valence-corrected chi connectivity index (χ1v) is 7.16. The van der Waals surface area contributed by atoms with Gasteiger partial charge in [0.05, 0.1) is 0 Å². The van der Waals surface area contributed by atoms with E-state index < -0.39 is 0 Å². The lowest BCUT2D eigenvalue weighted by atomic mass is 10.0. The molecule has 2 nitrogen and oxygen atoms in total. The van der Waals surface area contributed by atoms with Crippen LogP contribution in [0, 0.1) is 6.92 Å². The van der Waals surface area contributed by atoms with Gasteiger partial charge in [-0.2, -0.15) is 0 Å². The maximum atomic E-state index is 10.0. The van der Waals surface area contributed by atoms with Crippen LogP contribution in [0.1, 0.15) is 42.6 Å². The van der Waals surface area contributed by atoms with Crippen LogP contribution in [-0.4, -0.2) is 5.11 Å². The summed E-state index contributed by atoms with van der Waals surface area (Å²) in [4.78, 5) is 0. The Labute approximate surface area is 125 Å². The van der Waals surface area contributed by atoms with Crippen LogP contribution in [0.15, 0.2) is 42.5 Å². The average molecular weight is 290 g/mol. The summed E-state index contributed by atoms with van der Waals surface area (Å²) >= 11 is 6.02. The summed E-state index contributed by atoms with van der Waals surface area (Å²) in [5.41, 5.74) is 3.10. The molecule has 2 N–H and O–H groups in total.